The number of amides is 1. The first-order valence-electron chi connectivity index (χ1n) is 5.12. The number of aliphatic hydroxyl groups excluding tert-OH is 1. The van der Waals surface area contributed by atoms with Crippen molar-refractivity contribution < 1.29 is 15.0 Å². The van der Waals surface area contributed by atoms with Gasteiger partial charge in [0.05, 0.1) is 0 Å². The van der Waals surface area contributed by atoms with Crippen LogP contribution in [-0.2, 0) is 0 Å². The van der Waals surface area contributed by atoms with E-state index < -0.39 is 6.09 Å². The fourth-order valence-electron chi connectivity index (χ4n) is 2.28. The van der Waals surface area contributed by atoms with Crippen molar-refractivity contribution in [3.05, 3.63) is 0 Å². The van der Waals surface area contributed by atoms with Gasteiger partial charge in [-0.25, -0.2) is 4.79 Å². The third-order valence-corrected chi connectivity index (χ3v) is 3.01. The molecule has 0 aromatic rings. The Morgan fingerprint density at radius 3 is 2.71 bits per heavy atom. The molecule has 82 valence electrons. The van der Waals surface area contributed by atoms with E-state index in [1.165, 1.54) is 0 Å². The van der Waals surface area contributed by atoms with Crippen LogP contribution in [0.3, 0.4) is 0 Å². The summed E-state index contributed by atoms with van der Waals surface area (Å²) < 4.78 is 0. The van der Waals surface area contributed by atoms with Crippen LogP contribution in [0, 0.1) is 0 Å². The van der Waals surface area contributed by atoms with Gasteiger partial charge in [-0.05, 0) is 39.5 Å². The molecular formula is C10H19NO3. The van der Waals surface area contributed by atoms with Crippen LogP contribution in [0.15, 0.2) is 0 Å². The van der Waals surface area contributed by atoms with Gasteiger partial charge in [0.2, 0.25) is 0 Å². The summed E-state index contributed by atoms with van der Waals surface area (Å²) in [6.45, 7) is 4.06. The van der Waals surface area contributed by atoms with E-state index in [4.69, 9.17) is 10.2 Å². The molecule has 1 rings (SSSR count). The van der Waals surface area contributed by atoms with E-state index in [0.717, 1.165) is 19.3 Å². The predicted octanol–water partition coefficient (Wildman–Crippen LogP) is 1.68. The molecule has 0 aliphatic carbocycles. The lowest BCUT2D eigenvalue weighted by Crippen LogP contribution is -2.46. The second kappa shape index (κ2) is 4.17. The van der Waals surface area contributed by atoms with Gasteiger partial charge in [-0.1, -0.05) is 0 Å². The summed E-state index contributed by atoms with van der Waals surface area (Å²) in [5.74, 6) is 0. The lowest BCUT2D eigenvalue weighted by molar-refractivity contribution is 0.0915. The number of carboxylic acid groups (broad SMARTS) is 1. The van der Waals surface area contributed by atoms with Crippen LogP contribution in [0.4, 0.5) is 4.79 Å². The second-order valence-corrected chi connectivity index (χ2v) is 4.52. The molecule has 1 amide bonds. The minimum Gasteiger partial charge on any atom is -0.465 e. The van der Waals surface area contributed by atoms with Crippen molar-refractivity contribution in [2.24, 2.45) is 0 Å². The third-order valence-electron chi connectivity index (χ3n) is 3.01. The molecule has 14 heavy (non-hydrogen) atoms. The Morgan fingerprint density at radius 2 is 2.21 bits per heavy atom. The van der Waals surface area contributed by atoms with Gasteiger partial charge in [0.25, 0.3) is 0 Å². The van der Waals surface area contributed by atoms with Crippen molar-refractivity contribution in [3.63, 3.8) is 0 Å². The molecule has 1 saturated heterocycles. The molecular weight excluding hydrogens is 182 g/mol. The summed E-state index contributed by atoms with van der Waals surface area (Å²) in [6.07, 6.45) is 2.45. The first kappa shape index (κ1) is 11.3. The SMILES string of the molecule is CC1(C)CCC(CCCO)N1C(=O)O. The van der Waals surface area contributed by atoms with Gasteiger partial charge >= 0.3 is 6.09 Å². The summed E-state index contributed by atoms with van der Waals surface area (Å²) in [5, 5.41) is 17.8. The zero-order valence-corrected chi connectivity index (χ0v) is 8.86. The summed E-state index contributed by atoms with van der Waals surface area (Å²) in [6, 6.07) is 0.0923. The van der Waals surface area contributed by atoms with Crippen molar-refractivity contribution >= 4 is 6.09 Å². The fourth-order valence-corrected chi connectivity index (χ4v) is 2.28. The van der Waals surface area contributed by atoms with Crippen LogP contribution in [0.1, 0.15) is 39.5 Å². The molecule has 0 radical (unpaired) electrons. The molecule has 0 aromatic heterocycles. The first-order valence-corrected chi connectivity index (χ1v) is 5.12. The Bertz CT molecular complexity index is 215. The molecule has 0 spiro atoms. The van der Waals surface area contributed by atoms with E-state index in [9.17, 15) is 4.79 Å². The van der Waals surface area contributed by atoms with Gasteiger partial charge in [0, 0.05) is 18.2 Å². The van der Waals surface area contributed by atoms with E-state index in [0.29, 0.717) is 6.42 Å². The molecule has 0 bridgehead atoms. The normalized spacial score (nSPS) is 25.4. The van der Waals surface area contributed by atoms with Crippen LogP contribution < -0.4 is 0 Å². The highest BCUT2D eigenvalue weighted by Crippen LogP contribution is 2.35. The maximum absolute atomic E-state index is 11.1. The zero-order chi connectivity index (χ0) is 10.8. The number of carbonyl (C=O) groups is 1. The highest BCUT2D eigenvalue weighted by Gasteiger charge is 2.41. The van der Waals surface area contributed by atoms with E-state index in [2.05, 4.69) is 0 Å². The summed E-state index contributed by atoms with van der Waals surface area (Å²) in [7, 11) is 0. The third kappa shape index (κ3) is 2.18. The maximum atomic E-state index is 11.1. The lowest BCUT2D eigenvalue weighted by atomic mass is 10.0. The Labute approximate surface area is 84.5 Å². The quantitative estimate of drug-likeness (QED) is 0.730. The molecule has 1 aliphatic rings. The topological polar surface area (TPSA) is 60.8 Å². The molecule has 1 heterocycles. The average molecular weight is 201 g/mol. The summed E-state index contributed by atoms with van der Waals surface area (Å²) in [5.41, 5.74) is -0.244. The van der Waals surface area contributed by atoms with Crippen LogP contribution in [-0.4, -0.2) is 39.4 Å². The van der Waals surface area contributed by atoms with Crippen LogP contribution in [0.25, 0.3) is 0 Å². The fraction of sp³-hybridized carbons (Fsp3) is 0.900. The molecule has 4 nitrogen and oxygen atoms in total. The van der Waals surface area contributed by atoms with E-state index in [1.807, 2.05) is 13.8 Å². The minimum atomic E-state index is -0.838. The number of hydrogen-bond acceptors (Lipinski definition) is 2. The zero-order valence-electron chi connectivity index (χ0n) is 8.86. The number of hydrogen-bond donors (Lipinski definition) is 2. The summed E-state index contributed by atoms with van der Waals surface area (Å²) >= 11 is 0. The maximum Gasteiger partial charge on any atom is 0.407 e. The highest BCUT2D eigenvalue weighted by molar-refractivity contribution is 5.67. The largest absolute Gasteiger partial charge is 0.465 e. The van der Waals surface area contributed by atoms with Gasteiger partial charge in [0.1, 0.15) is 0 Å². The average Bonchev–Trinajstić information content (AvgIpc) is 2.37. The second-order valence-electron chi connectivity index (χ2n) is 4.52. The molecule has 1 atom stereocenters. The molecule has 0 aromatic carbocycles. The predicted molar refractivity (Wildman–Crippen MR) is 53.3 cm³/mol. The van der Waals surface area contributed by atoms with E-state index >= 15 is 0 Å². The van der Waals surface area contributed by atoms with Gasteiger partial charge in [-0.3, -0.25) is 0 Å². The van der Waals surface area contributed by atoms with Crippen molar-refractivity contribution in [1.29, 1.82) is 0 Å². The number of aliphatic hydroxyl groups is 1. The van der Waals surface area contributed by atoms with E-state index in [-0.39, 0.29) is 18.2 Å². The van der Waals surface area contributed by atoms with Crippen molar-refractivity contribution in [2.45, 2.75) is 51.1 Å². The van der Waals surface area contributed by atoms with Crippen LogP contribution in [0.5, 0.6) is 0 Å². The molecule has 4 heteroatoms. The number of likely N-dealkylation sites (tertiary alicyclic amines) is 1. The summed E-state index contributed by atoms with van der Waals surface area (Å²) in [4.78, 5) is 12.6. The van der Waals surface area contributed by atoms with Gasteiger partial charge in [0.15, 0.2) is 0 Å². The molecule has 1 fully saturated rings. The van der Waals surface area contributed by atoms with Gasteiger partial charge < -0.3 is 15.1 Å². The van der Waals surface area contributed by atoms with Crippen molar-refractivity contribution in [2.75, 3.05) is 6.61 Å². The highest BCUT2D eigenvalue weighted by atomic mass is 16.4. The standard InChI is InChI=1S/C10H19NO3/c1-10(2)6-5-8(4-3-7-12)11(10)9(13)14/h8,12H,3-7H2,1-2H3,(H,13,14). The monoisotopic (exact) mass is 201 g/mol. The Kier molecular flexibility index (Phi) is 3.37. The number of nitrogens with zero attached hydrogens (tertiary/aromatic N) is 1. The van der Waals surface area contributed by atoms with E-state index in [1.54, 1.807) is 4.90 Å². The van der Waals surface area contributed by atoms with Crippen molar-refractivity contribution in [1.82, 2.24) is 4.90 Å². The molecule has 2 N–H and O–H groups in total. The molecule has 0 saturated carbocycles. The molecule has 1 aliphatic heterocycles. The van der Waals surface area contributed by atoms with Crippen LogP contribution in [0.2, 0.25) is 0 Å². The smallest absolute Gasteiger partial charge is 0.407 e. The first-order chi connectivity index (χ1) is 6.49. The molecule has 1 unspecified atom stereocenters. The lowest BCUT2D eigenvalue weighted by Gasteiger charge is -2.33. The van der Waals surface area contributed by atoms with Crippen LogP contribution >= 0.6 is 0 Å². The minimum absolute atomic E-state index is 0.0923. The van der Waals surface area contributed by atoms with Crippen molar-refractivity contribution in [3.8, 4) is 0 Å². The Balaban J connectivity index is 2.64. The van der Waals surface area contributed by atoms with Gasteiger partial charge in [-0.2, -0.15) is 0 Å². The Morgan fingerprint density at radius 1 is 1.57 bits per heavy atom. The Hall–Kier alpha value is -0.770. The van der Waals surface area contributed by atoms with Gasteiger partial charge in [-0.15, -0.1) is 0 Å². The number of rotatable bonds is 3.